The van der Waals surface area contributed by atoms with Crippen LogP contribution in [-0.2, 0) is 0 Å². The standard InChI is InChI=1S/C16H25ClN2O/c1-11-9-15(16(20)13(3)17)14(4)19(11)12(2)10-18-7-5-6-8-18/h9,12-13H,5-8,10H2,1-4H3. The lowest BCUT2D eigenvalue weighted by Crippen LogP contribution is -2.28. The largest absolute Gasteiger partial charge is 0.344 e. The van der Waals surface area contributed by atoms with Crippen molar-refractivity contribution in [1.82, 2.24) is 9.47 Å². The van der Waals surface area contributed by atoms with Crippen molar-refractivity contribution in [3.05, 3.63) is 23.0 Å². The lowest BCUT2D eigenvalue weighted by atomic mass is 10.1. The highest BCUT2D eigenvalue weighted by atomic mass is 35.5. The van der Waals surface area contributed by atoms with Gasteiger partial charge in [0.15, 0.2) is 5.78 Å². The van der Waals surface area contributed by atoms with Crippen molar-refractivity contribution in [2.45, 2.75) is 52.0 Å². The molecule has 0 aromatic carbocycles. The second kappa shape index (κ2) is 6.31. The number of aromatic nitrogens is 1. The zero-order valence-electron chi connectivity index (χ0n) is 12.9. The first-order valence-electron chi connectivity index (χ1n) is 7.51. The topological polar surface area (TPSA) is 25.2 Å². The molecule has 0 bridgehead atoms. The summed E-state index contributed by atoms with van der Waals surface area (Å²) in [7, 11) is 0. The number of carbonyl (C=O) groups excluding carboxylic acids is 1. The van der Waals surface area contributed by atoms with Crippen LogP contribution in [0.4, 0.5) is 0 Å². The average molecular weight is 297 g/mol. The minimum absolute atomic E-state index is 0.0272. The molecule has 2 unspecified atom stereocenters. The first-order valence-corrected chi connectivity index (χ1v) is 7.94. The molecule has 1 aliphatic heterocycles. The number of hydrogen-bond acceptors (Lipinski definition) is 2. The van der Waals surface area contributed by atoms with Crippen LogP contribution < -0.4 is 0 Å². The summed E-state index contributed by atoms with van der Waals surface area (Å²) in [4.78, 5) is 14.7. The molecule has 0 saturated carbocycles. The van der Waals surface area contributed by atoms with Crippen molar-refractivity contribution >= 4 is 17.4 Å². The number of halogens is 1. The Kier molecular flexibility index (Phi) is 4.92. The highest BCUT2D eigenvalue weighted by Gasteiger charge is 2.23. The van der Waals surface area contributed by atoms with E-state index >= 15 is 0 Å². The molecule has 2 atom stereocenters. The zero-order chi connectivity index (χ0) is 14.9. The molecule has 1 aromatic heterocycles. The van der Waals surface area contributed by atoms with Gasteiger partial charge in [-0.15, -0.1) is 11.6 Å². The van der Waals surface area contributed by atoms with Gasteiger partial charge in [-0.3, -0.25) is 4.79 Å². The Bertz CT molecular complexity index is 487. The normalized spacial score (nSPS) is 19.2. The Morgan fingerprint density at radius 1 is 1.30 bits per heavy atom. The third-order valence-electron chi connectivity index (χ3n) is 4.27. The summed E-state index contributed by atoms with van der Waals surface area (Å²) in [5.41, 5.74) is 2.97. The summed E-state index contributed by atoms with van der Waals surface area (Å²) < 4.78 is 2.28. The molecule has 0 spiro atoms. The fourth-order valence-corrected chi connectivity index (χ4v) is 3.46. The maximum atomic E-state index is 12.1. The molecule has 1 saturated heterocycles. The number of rotatable bonds is 5. The predicted octanol–water partition coefficient (Wildman–Crippen LogP) is 3.57. The van der Waals surface area contributed by atoms with Gasteiger partial charge in [0.05, 0.1) is 5.38 Å². The van der Waals surface area contributed by atoms with Gasteiger partial charge in [-0.1, -0.05) is 0 Å². The van der Waals surface area contributed by atoms with Crippen molar-refractivity contribution in [3.8, 4) is 0 Å². The Morgan fingerprint density at radius 3 is 2.45 bits per heavy atom. The predicted molar refractivity (Wildman–Crippen MR) is 83.9 cm³/mol. The fraction of sp³-hybridized carbons (Fsp3) is 0.688. The summed E-state index contributed by atoms with van der Waals surface area (Å²) in [6.07, 6.45) is 2.62. The zero-order valence-corrected chi connectivity index (χ0v) is 13.7. The summed E-state index contributed by atoms with van der Waals surface area (Å²) in [6, 6.07) is 2.37. The van der Waals surface area contributed by atoms with Crippen LogP contribution in [0.25, 0.3) is 0 Å². The molecule has 20 heavy (non-hydrogen) atoms. The van der Waals surface area contributed by atoms with Gasteiger partial charge in [-0.05, 0) is 59.7 Å². The molecule has 4 heteroatoms. The number of hydrogen-bond donors (Lipinski definition) is 0. The molecule has 3 nitrogen and oxygen atoms in total. The van der Waals surface area contributed by atoms with Crippen LogP contribution in [0.2, 0.25) is 0 Å². The number of Topliss-reactive ketones (excluding diaryl/α,β-unsaturated/α-hetero) is 1. The van der Waals surface area contributed by atoms with E-state index in [1.165, 1.54) is 25.9 Å². The van der Waals surface area contributed by atoms with E-state index in [9.17, 15) is 4.79 Å². The van der Waals surface area contributed by atoms with Crippen LogP contribution in [0.3, 0.4) is 0 Å². The first kappa shape index (κ1) is 15.6. The number of likely N-dealkylation sites (tertiary alicyclic amines) is 1. The lowest BCUT2D eigenvalue weighted by molar-refractivity contribution is 0.0991. The van der Waals surface area contributed by atoms with Crippen molar-refractivity contribution in [2.24, 2.45) is 0 Å². The van der Waals surface area contributed by atoms with Gasteiger partial charge < -0.3 is 9.47 Å². The van der Waals surface area contributed by atoms with Crippen LogP contribution in [0.1, 0.15) is 54.5 Å². The number of aryl methyl sites for hydroxylation is 1. The van der Waals surface area contributed by atoms with Crippen LogP contribution in [0.15, 0.2) is 6.07 Å². The maximum Gasteiger partial charge on any atom is 0.182 e. The van der Waals surface area contributed by atoms with E-state index < -0.39 is 5.38 Å². The number of carbonyl (C=O) groups is 1. The van der Waals surface area contributed by atoms with Gasteiger partial charge in [0, 0.05) is 29.5 Å². The van der Waals surface area contributed by atoms with Gasteiger partial charge >= 0.3 is 0 Å². The van der Waals surface area contributed by atoms with Gasteiger partial charge in [0.25, 0.3) is 0 Å². The second-order valence-corrected chi connectivity index (χ2v) is 6.65. The Morgan fingerprint density at radius 2 is 1.90 bits per heavy atom. The maximum absolute atomic E-state index is 12.1. The molecule has 0 amide bonds. The third kappa shape index (κ3) is 3.09. The van der Waals surface area contributed by atoms with E-state index in [4.69, 9.17) is 11.6 Å². The Balaban J connectivity index is 2.20. The minimum atomic E-state index is -0.460. The lowest BCUT2D eigenvalue weighted by Gasteiger charge is -2.24. The van der Waals surface area contributed by atoms with Crippen molar-refractivity contribution in [2.75, 3.05) is 19.6 Å². The highest BCUT2D eigenvalue weighted by molar-refractivity contribution is 6.33. The van der Waals surface area contributed by atoms with E-state index in [2.05, 4.69) is 23.3 Å². The van der Waals surface area contributed by atoms with Gasteiger partial charge in [0.2, 0.25) is 0 Å². The fourth-order valence-electron chi connectivity index (χ4n) is 3.34. The monoisotopic (exact) mass is 296 g/mol. The van der Waals surface area contributed by atoms with Gasteiger partial charge in [-0.25, -0.2) is 0 Å². The quantitative estimate of drug-likeness (QED) is 0.613. The first-order chi connectivity index (χ1) is 9.41. The van der Waals surface area contributed by atoms with E-state index in [1.807, 2.05) is 13.0 Å². The van der Waals surface area contributed by atoms with E-state index in [-0.39, 0.29) is 5.78 Å². The molecule has 2 heterocycles. The van der Waals surface area contributed by atoms with Crippen LogP contribution >= 0.6 is 11.6 Å². The summed E-state index contributed by atoms with van der Waals surface area (Å²) in [6.45, 7) is 11.5. The molecule has 0 N–H and O–H groups in total. The number of ketones is 1. The summed E-state index contributed by atoms with van der Waals surface area (Å²) in [5, 5.41) is -0.460. The van der Waals surface area contributed by atoms with Gasteiger partial charge in [0.1, 0.15) is 0 Å². The Hall–Kier alpha value is -0.800. The molecular formula is C16H25ClN2O. The molecule has 0 radical (unpaired) electrons. The molecule has 1 fully saturated rings. The Labute approximate surface area is 126 Å². The van der Waals surface area contributed by atoms with Crippen LogP contribution in [0.5, 0.6) is 0 Å². The van der Waals surface area contributed by atoms with E-state index in [1.54, 1.807) is 6.92 Å². The van der Waals surface area contributed by atoms with Crippen molar-refractivity contribution < 1.29 is 4.79 Å². The van der Waals surface area contributed by atoms with Crippen molar-refractivity contribution in [3.63, 3.8) is 0 Å². The number of nitrogens with zero attached hydrogens (tertiary/aromatic N) is 2. The minimum Gasteiger partial charge on any atom is -0.344 e. The summed E-state index contributed by atoms with van der Waals surface area (Å²) >= 11 is 5.95. The van der Waals surface area contributed by atoms with Crippen LogP contribution in [-0.4, -0.2) is 40.3 Å². The van der Waals surface area contributed by atoms with Gasteiger partial charge in [-0.2, -0.15) is 0 Å². The molecule has 1 aliphatic rings. The molecule has 0 aliphatic carbocycles. The van der Waals surface area contributed by atoms with Crippen molar-refractivity contribution in [1.29, 1.82) is 0 Å². The summed E-state index contributed by atoms with van der Waals surface area (Å²) in [5.74, 6) is 0.0272. The number of alkyl halides is 1. The smallest absolute Gasteiger partial charge is 0.182 e. The molecule has 1 aromatic rings. The SMILES string of the molecule is Cc1cc(C(=O)C(C)Cl)c(C)n1C(C)CN1CCCC1. The van der Waals surface area contributed by atoms with E-state index in [0.29, 0.717) is 6.04 Å². The second-order valence-electron chi connectivity index (χ2n) is 5.99. The van der Waals surface area contributed by atoms with E-state index in [0.717, 1.165) is 23.5 Å². The average Bonchev–Trinajstić information content (AvgIpc) is 2.96. The van der Waals surface area contributed by atoms with Crippen LogP contribution in [0, 0.1) is 13.8 Å². The molecular weight excluding hydrogens is 272 g/mol. The third-order valence-corrected chi connectivity index (χ3v) is 4.47. The molecule has 112 valence electrons. The highest BCUT2D eigenvalue weighted by Crippen LogP contribution is 2.24. The molecule has 2 rings (SSSR count).